The van der Waals surface area contributed by atoms with Crippen molar-refractivity contribution in [3.8, 4) is 11.8 Å². The molecule has 80 valence electrons. The molecule has 0 heterocycles. The normalized spacial score (nSPS) is 13.0. The highest BCUT2D eigenvalue weighted by Crippen LogP contribution is 2.24. The van der Waals surface area contributed by atoms with E-state index >= 15 is 0 Å². The maximum Gasteiger partial charge on any atom is 0.181 e. The Kier molecular flexibility index (Phi) is 3.36. The maximum atomic E-state index is 8.60. The number of rotatable bonds is 2. The van der Waals surface area contributed by atoms with Gasteiger partial charge in [-0.05, 0) is 30.0 Å². The van der Waals surface area contributed by atoms with Crippen LogP contribution in [0.3, 0.4) is 0 Å². The molecule has 0 amide bonds. The van der Waals surface area contributed by atoms with Gasteiger partial charge < -0.3 is 4.74 Å². The van der Waals surface area contributed by atoms with Crippen LogP contribution >= 0.6 is 0 Å². The second-order valence-electron chi connectivity index (χ2n) is 4.66. The molecule has 1 rings (SSSR count). The van der Waals surface area contributed by atoms with Gasteiger partial charge in [-0.2, -0.15) is 5.26 Å². The number of nitrogens with zero attached hydrogens (tertiary/aromatic N) is 1. The average Bonchev–Trinajstić information content (AvgIpc) is 2.17. The van der Waals surface area contributed by atoms with Crippen molar-refractivity contribution in [1.29, 1.82) is 5.26 Å². The van der Waals surface area contributed by atoms with E-state index in [1.165, 1.54) is 5.56 Å². The summed E-state index contributed by atoms with van der Waals surface area (Å²) in [5.41, 5.74) is 1.42. The fraction of sp³-hybridized carbons (Fsp3) is 0.462. The molecule has 0 fully saturated rings. The summed E-state index contributed by atoms with van der Waals surface area (Å²) in [6.45, 7) is 8.24. The molecule has 0 N–H and O–H groups in total. The maximum absolute atomic E-state index is 8.60. The molecular formula is C13H17NO. The molecule has 0 saturated carbocycles. The third-order valence-electron chi connectivity index (χ3n) is 2.22. The van der Waals surface area contributed by atoms with E-state index in [-0.39, 0.29) is 5.41 Å². The number of hydrogen-bond acceptors (Lipinski definition) is 2. The Morgan fingerprint density at radius 2 is 1.73 bits per heavy atom. The molecule has 0 aliphatic heterocycles. The van der Waals surface area contributed by atoms with Crippen LogP contribution in [0.15, 0.2) is 24.3 Å². The van der Waals surface area contributed by atoms with Crippen LogP contribution in [0.4, 0.5) is 0 Å². The standard InChI is InChI=1S/C13H17NO/c1-10(9-14)15-12-7-5-11(6-8-12)13(2,3)4/h5-8,10H,1-4H3/t10-/m1/s1. The Bertz CT molecular complexity index is 354. The Morgan fingerprint density at radius 1 is 1.20 bits per heavy atom. The Morgan fingerprint density at radius 3 is 2.13 bits per heavy atom. The lowest BCUT2D eigenvalue weighted by molar-refractivity contribution is 0.276. The van der Waals surface area contributed by atoms with Crippen molar-refractivity contribution in [2.24, 2.45) is 0 Å². The van der Waals surface area contributed by atoms with Crippen LogP contribution in [-0.2, 0) is 5.41 Å². The molecule has 1 aromatic rings. The highest BCUT2D eigenvalue weighted by Gasteiger charge is 2.13. The van der Waals surface area contributed by atoms with Crippen LogP contribution in [0.1, 0.15) is 33.3 Å². The van der Waals surface area contributed by atoms with Crippen molar-refractivity contribution >= 4 is 0 Å². The van der Waals surface area contributed by atoms with E-state index in [1.807, 2.05) is 30.3 Å². The first kappa shape index (κ1) is 11.6. The van der Waals surface area contributed by atoms with Crippen molar-refractivity contribution in [1.82, 2.24) is 0 Å². The van der Waals surface area contributed by atoms with Gasteiger partial charge in [-0.25, -0.2) is 0 Å². The second-order valence-corrected chi connectivity index (χ2v) is 4.66. The smallest absolute Gasteiger partial charge is 0.181 e. The molecule has 0 bridgehead atoms. The number of benzene rings is 1. The van der Waals surface area contributed by atoms with Crippen LogP contribution in [0.25, 0.3) is 0 Å². The fourth-order valence-corrected chi connectivity index (χ4v) is 1.26. The van der Waals surface area contributed by atoms with Gasteiger partial charge in [-0.1, -0.05) is 32.9 Å². The van der Waals surface area contributed by atoms with Crippen molar-refractivity contribution in [3.05, 3.63) is 29.8 Å². The summed E-state index contributed by atoms with van der Waals surface area (Å²) < 4.78 is 5.37. The van der Waals surface area contributed by atoms with Crippen molar-refractivity contribution in [2.45, 2.75) is 39.2 Å². The van der Waals surface area contributed by atoms with Crippen LogP contribution < -0.4 is 4.74 Å². The summed E-state index contributed by atoms with van der Waals surface area (Å²) in [6, 6.07) is 9.94. The van der Waals surface area contributed by atoms with E-state index in [1.54, 1.807) is 6.92 Å². The van der Waals surface area contributed by atoms with Gasteiger partial charge in [0.1, 0.15) is 11.8 Å². The fourth-order valence-electron chi connectivity index (χ4n) is 1.26. The minimum absolute atomic E-state index is 0.152. The lowest BCUT2D eigenvalue weighted by atomic mass is 9.87. The first-order chi connectivity index (χ1) is 6.93. The van der Waals surface area contributed by atoms with E-state index in [9.17, 15) is 0 Å². The van der Waals surface area contributed by atoms with Crippen molar-refractivity contribution in [2.75, 3.05) is 0 Å². The van der Waals surface area contributed by atoms with Crippen LogP contribution in [-0.4, -0.2) is 6.10 Å². The number of ether oxygens (including phenoxy) is 1. The molecular weight excluding hydrogens is 186 g/mol. The molecule has 0 spiro atoms. The van der Waals surface area contributed by atoms with Gasteiger partial charge >= 0.3 is 0 Å². The van der Waals surface area contributed by atoms with E-state index in [0.29, 0.717) is 0 Å². The molecule has 0 radical (unpaired) electrons. The predicted molar refractivity (Wildman–Crippen MR) is 60.8 cm³/mol. The Hall–Kier alpha value is -1.49. The molecule has 15 heavy (non-hydrogen) atoms. The van der Waals surface area contributed by atoms with Gasteiger partial charge in [0.15, 0.2) is 6.10 Å². The molecule has 0 aromatic heterocycles. The first-order valence-electron chi connectivity index (χ1n) is 5.10. The molecule has 1 aromatic carbocycles. The molecule has 0 saturated heterocycles. The van der Waals surface area contributed by atoms with E-state index in [4.69, 9.17) is 10.00 Å². The zero-order valence-corrected chi connectivity index (χ0v) is 9.74. The second kappa shape index (κ2) is 4.35. The zero-order chi connectivity index (χ0) is 11.5. The van der Waals surface area contributed by atoms with E-state index in [0.717, 1.165) is 5.75 Å². The lowest BCUT2D eigenvalue weighted by Crippen LogP contribution is -2.11. The minimum Gasteiger partial charge on any atom is -0.476 e. The third kappa shape index (κ3) is 3.28. The quantitative estimate of drug-likeness (QED) is 0.739. The molecule has 2 heteroatoms. The topological polar surface area (TPSA) is 33.0 Å². The van der Waals surface area contributed by atoms with Crippen LogP contribution in [0.5, 0.6) is 5.75 Å². The van der Waals surface area contributed by atoms with Gasteiger partial charge in [0.05, 0.1) is 0 Å². The van der Waals surface area contributed by atoms with Crippen LogP contribution in [0.2, 0.25) is 0 Å². The van der Waals surface area contributed by atoms with Gasteiger partial charge in [0.2, 0.25) is 0 Å². The number of hydrogen-bond donors (Lipinski definition) is 0. The summed E-state index contributed by atoms with van der Waals surface area (Å²) in [5, 5.41) is 8.60. The van der Waals surface area contributed by atoms with Gasteiger partial charge in [0, 0.05) is 0 Å². The SMILES string of the molecule is C[C@H](C#N)Oc1ccc(C(C)(C)C)cc1. The van der Waals surface area contributed by atoms with Crippen molar-refractivity contribution < 1.29 is 4.74 Å². The van der Waals surface area contributed by atoms with E-state index < -0.39 is 6.10 Å². The molecule has 0 unspecified atom stereocenters. The summed E-state index contributed by atoms with van der Waals surface area (Å²) in [4.78, 5) is 0. The third-order valence-corrected chi connectivity index (χ3v) is 2.22. The van der Waals surface area contributed by atoms with Crippen LogP contribution in [0, 0.1) is 11.3 Å². The zero-order valence-electron chi connectivity index (χ0n) is 9.74. The largest absolute Gasteiger partial charge is 0.476 e. The Labute approximate surface area is 91.5 Å². The number of nitriles is 1. The highest BCUT2D eigenvalue weighted by molar-refractivity contribution is 5.31. The summed E-state index contributed by atoms with van der Waals surface area (Å²) in [7, 11) is 0. The molecule has 0 aliphatic carbocycles. The minimum atomic E-state index is -0.398. The molecule has 0 aliphatic rings. The Balaban J connectivity index is 2.78. The first-order valence-corrected chi connectivity index (χ1v) is 5.10. The van der Waals surface area contributed by atoms with E-state index in [2.05, 4.69) is 20.8 Å². The van der Waals surface area contributed by atoms with Crippen molar-refractivity contribution in [3.63, 3.8) is 0 Å². The monoisotopic (exact) mass is 203 g/mol. The molecule has 1 atom stereocenters. The summed E-state index contributed by atoms with van der Waals surface area (Å²) in [5.74, 6) is 0.747. The summed E-state index contributed by atoms with van der Waals surface area (Å²) >= 11 is 0. The average molecular weight is 203 g/mol. The van der Waals surface area contributed by atoms with Gasteiger partial charge in [-0.15, -0.1) is 0 Å². The van der Waals surface area contributed by atoms with Gasteiger partial charge in [0.25, 0.3) is 0 Å². The molecule has 2 nitrogen and oxygen atoms in total. The predicted octanol–water partition coefficient (Wildman–Crippen LogP) is 3.27. The highest BCUT2D eigenvalue weighted by atomic mass is 16.5. The lowest BCUT2D eigenvalue weighted by Gasteiger charge is -2.19. The summed E-state index contributed by atoms with van der Waals surface area (Å²) in [6.07, 6.45) is -0.398. The van der Waals surface area contributed by atoms with Gasteiger partial charge in [-0.3, -0.25) is 0 Å².